The van der Waals surface area contributed by atoms with Gasteiger partial charge in [0.2, 0.25) is 5.88 Å². The Balaban J connectivity index is 2.24. The van der Waals surface area contributed by atoms with Crippen LogP contribution in [0.25, 0.3) is 0 Å². The number of nitrogens with zero attached hydrogens (tertiary/aromatic N) is 2. The second-order valence-electron chi connectivity index (χ2n) is 6.35. The lowest BCUT2D eigenvalue weighted by Crippen LogP contribution is -2.29. The number of ether oxygens (including phenoxy) is 1. The van der Waals surface area contributed by atoms with Crippen LogP contribution in [0, 0.1) is 0 Å². The van der Waals surface area contributed by atoms with E-state index in [1.807, 2.05) is 24.3 Å². The number of hydrogen-bond donors (Lipinski definition) is 1. The van der Waals surface area contributed by atoms with Gasteiger partial charge in [-0.25, -0.2) is 4.79 Å². The number of pyridine rings is 1. The van der Waals surface area contributed by atoms with E-state index in [1.54, 1.807) is 18.2 Å². The summed E-state index contributed by atoms with van der Waals surface area (Å²) in [6.45, 7) is 6.67. The topological polar surface area (TPSA) is 62.7 Å². The summed E-state index contributed by atoms with van der Waals surface area (Å²) in [4.78, 5) is 17.0. The molecular formula is C18H22N2O3. The van der Waals surface area contributed by atoms with Crippen LogP contribution < -0.4 is 9.64 Å². The molecule has 0 unspecified atom stereocenters. The Bertz CT molecular complexity index is 675. The van der Waals surface area contributed by atoms with Gasteiger partial charge in [-0.05, 0) is 22.6 Å². The number of rotatable bonds is 4. The molecule has 0 fully saturated rings. The zero-order chi connectivity index (χ0) is 17.0. The lowest BCUT2D eigenvalue weighted by Gasteiger charge is -2.21. The highest BCUT2D eigenvalue weighted by Gasteiger charge is 2.18. The van der Waals surface area contributed by atoms with Crippen molar-refractivity contribution in [1.29, 1.82) is 0 Å². The molecule has 0 aliphatic rings. The summed E-state index contributed by atoms with van der Waals surface area (Å²) in [5.74, 6) is 0.730. The lowest BCUT2D eigenvalue weighted by molar-refractivity contribution is 0.201. The molecule has 122 valence electrons. The van der Waals surface area contributed by atoms with Gasteiger partial charge in [0, 0.05) is 6.07 Å². The lowest BCUT2D eigenvalue weighted by atomic mass is 9.87. The van der Waals surface area contributed by atoms with E-state index in [4.69, 9.17) is 4.74 Å². The van der Waals surface area contributed by atoms with Crippen molar-refractivity contribution in [3.05, 3.63) is 53.6 Å². The van der Waals surface area contributed by atoms with Gasteiger partial charge < -0.3 is 9.84 Å². The van der Waals surface area contributed by atoms with Crippen molar-refractivity contribution >= 4 is 11.9 Å². The van der Waals surface area contributed by atoms with Gasteiger partial charge in [-0.15, -0.1) is 0 Å². The van der Waals surface area contributed by atoms with Gasteiger partial charge in [0.15, 0.2) is 0 Å². The molecule has 2 rings (SSSR count). The minimum atomic E-state index is -1.05. The molecule has 1 amide bonds. The SMILES string of the molecule is COc1cccc(N(Cc2ccc(C(C)(C)C)cc2)C(=O)O)n1. The van der Waals surface area contributed by atoms with Crippen molar-refractivity contribution in [1.82, 2.24) is 4.98 Å². The number of benzene rings is 1. The number of methoxy groups -OCH3 is 1. The van der Waals surface area contributed by atoms with Crippen molar-refractivity contribution in [2.45, 2.75) is 32.7 Å². The van der Waals surface area contributed by atoms with Gasteiger partial charge in [0.1, 0.15) is 5.82 Å². The molecule has 1 heterocycles. The fraction of sp³-hybridized carbons (Fsp3) is 0.333. The molecule has 0 spiro atoms. The Morgan fingerprint density at radius 3 is 2.35 bits per heavy atom. The summed E-state index contributed by atoms with van der Waals surface area (Å²) in [6, 6.07) is 13.0. The van der Waals surface area contributed by atoms with Crippen molar-refractivity contribution in [3.63, 3.8) is 0 Å². The Kier molecular flexibility index (Phi) is 4.89. The largest absolute Gasteiger partial charge is 0.481 e. The van der Waals surface area contributed by atoms with Crippen molar-refractivity contribution in [2.24, 2.45) is 0 Å². The minimum absolute atomic E-state index is 0.0688. The van der Waals surface area contributed by atoms with E-state index in [2.05, 4.69) is 25.8 Å². The van der Waals surface area contributed by atoms with Crippen LogP contribution in [0.5, 0.6) is 5.88 Å². The van der Waals surface area contributed by atoms with Crippen LogP contribution in [0.3, 0.4) is 0 Å². The van der Waals surface area contributed by atoms with Gasteiger partial charge in [-0.3, -0.25) is 4.90 Å². The van der Waals surface area contributed by atoms with E-state index in [0.717, 1.165) is 5.56 Å². The first-order valence-electron chi connectivity index (χ1n) is 7.42. The summed E-state index contributed by atoms with van der Waals surface area (Å²) in [6.07, 6.45) is -1.05. The minimum Gasteiger partial charge on any atom is -0.481 e. The first-order valence-corrected chi connectivity index (χ1v) is 7.42. The van der Waals surface area contributed by atoms with Crippen LogP contribution in [0.4, 0.5) is 10.6 Å². The third-order valence-electron chi connectivity index (χ3n) is 3.59. The van der Waals surface area contributed by atoms with Crippen LogP contribution in [0.15, 0.2) is 42.5 Å². The highest BCUT2D eigenvalue weighted by Crippen LogP contribution is 2.23. The van der Waals surface area contributed by atoms with Gasteiger partial charge in [0.05, 0.1) is 13.7 Å². The van der Waals surface area contributed by atoms with Gasteiger partial charge in [-0.1, -0.05) is 51.1 Å². The van der Waals surface area contributed by atoms with Gasteiger partial charge in [0.25, 0.3) is 0 Å². The Morgan fingerprint density at radius 2 is 1.83 bits per heavy atom. The maximum Gasteiger partial charge on any atom is 0.413 e. The Labute approximate surface area is 136 Å². The normalized spacial score (nSPS) is 11.1. The second kappa shape index (κ2) is 6.69. The molecule has 5 heteroatoms. The summed E-state index contributed by atoms with van der Waals surface area (Å²) in [7, 11) is 1.50. The van der Waals surface area contributed by atoms with Crippen LogP contribution in [0.2, 0.25) is 0 Å². The summed E-state index contributed by atoms with van der Waals surface area (Å²) in [5, 5.41) is 9.48. The molecule has 0 aliphatic heterocycles. The number of carbonyl (C=O) groups is 1. The van der Waals surface area contributed by atoms with E-state index < -0.39 is 6.09 Å². The zero-order valence-corrected chi connectivity index (χ0v) is 13.9. The smallest absolute Gasteiger partial charge is 0.413 e. The predicted molar refractivity (Wildman–Crippen MR) is 90.1 cm³/mol. The molecule has 1 N–H and O–H groups in total. The molecule has 0 bridgehead atoms. The molecule has 0 saturated heterocycles. The highest BCUT2D eigenvalue weighted by atomic mass is 16.5. The predicted octanol–water partition coefficient (Wildman–Crippen LogP) is 4.07. The van der Waals surface area contributed by atoms with Crippen LogP contribution in [0.1, 0.15) is 31.9 Å². The van der Waals surface area contributed by atoms with Crippen molar-refractivity contribution in [3.8, 4) is 5.88 Å². The summed E-state index contributed by atoms with van der Waals surface area (Å²) < 4.78 is 5.06. The second-order valence-corrected chi connectivity index (χ2v) is 6.35. The Hall–Kier alpha value is -2.56. The third kappa shape index (κ3) is 4.22. The van der Waals surface area contributed by atoms with E-state index in [0.29, 0.717) is 11.7 Å². The molecule has 1 aromatic carbocycles. The molecule has 0 radical (unpaired) electrons. The fourth-order valence-corrected chi connectivity index (χ4v) is 2.21. The number of amides is 1. The average Bonchev–Trinajstić information content (AvgIpc) is 2.52. The highest BCUT2D eigenvalue weighted by molar-refractivity contribution is 5.84. The zero-order valence-electron chi connectivity index (χ0n) is 13.9. The van der Waals surface area contributed by atoms with E-state index in [9.17, 15) is 9.90 Å². The number of aromatic nitrogens is 1. The van der Waals surface area contributed by atoms with Crippen molar-refractivity contribution in [2.75, 3.05) is 12.0 Å². The molecule has 1 aromatic heterocycles. The molecule has 23 heavy (non-hydrogen) atoms. The van der Waals surface area contributed by atoms with Crippen LogP contribution in [-0.4, -0.2) is 23.3 Å². The maximum absolute atomic E-state index is 11.6. The standard InChI is InChI=1S/C18H22N2O3/c1-18(2,3)14-10-8-13(9-11-14)12-20(17(21)22)15-6-5-7-16(19-15)23-4/h5-11H,12H2,1-4H3,(H,21,22). The monoisotopic (exact) mass is 314 g/mol. The average molecular weight is 314 g/mol. The maximum atomic E-state index is 11.6. The fourth-order valence-electron chi connectivity index (χ4n) is 2.21. The van der Waals surface area contributed by atoms with E-state index in [-0.39, 0.29) is 12.0 Å². The molecule has 0 aliphatic carbocycles. The molecule has 5 nitrogen and oxygen atoms in total. The molecule has 2 aromatic rings. The van der Waals surface area contributed by atoms with Crippen LogP contribution in [-0.2, 0) is 12.0 Å². The first-order chi connectivity index (χ1) is 10.8. The Morgan fingerprint density at radius 1 is 1.17 bits per heavy atom. The van der Waals surface area contributed by atoms with Gasteiger partial charge in [-0.2, -0.15) is 4.98 Å². The third-order valence-corrected chi connectivity index (χ3v) is 3.59. The van der Waals surface area contributed by atoms with E-state index in [1.165, 1.54) is 17.6 Å². The summed E-state index contributed by atoms with van der Waals surface area (Å²) >= 11 is 0. The summed E-state index contributed by atoms with van der Waals surface area (Å²) in [5.41, 5.74) is 2.19. The first kappa shape index (κ1) is 16.8. The van der Waals surface area contributed by atoms with E-state index >= 15 is 0 Å². The molecule has 0 saturated carbocycles. The molecular weight excluding hydrogens is 292 g/mol. The van der Waals surface area contributed by atoms with Crippen LogP contribution >= 0.6 is 0 Å². The number of carboxylic acid groups (broad SMARTS) is 1. The van der Waals surface area contributed by atoms with Crippen molar-refractivity contribution < 1.29 is 14.6 Å². The van der Waals surface area contributed by atoms with Gasteiger partial charge >= 0.3 is 6.09 Å². The quantitative estimate of drug-likeness (QED) is 0.924. The molecule has 0 atom stereocenters. The number of hydrogen-bond acceptors (Lipinski definition) is 3. The number of anilines is 1.